The molecule has 0 spiro atoms. The number of rotatable bonds is 4. The normalized spacial score (nSPS) is 11.8. The fourth-order valence-electron chi connectivity index (χ4n) is 6.97. The number of imidazole rings is 1. The van der Waals surface area contributed by atoms with E-state index in [0.29, 0.717) is 0 Å². The van der Waals surface area contributed by atoms with Gasteiger partial charge in [-0.3, -0.25) is 9.55 Å². The van der Waals surface area contributed by atoms with Crippen LogP contribution in [0.3, 0.4) is 0 Å². The summed E-state index contributed by atoms with van der Waals surface area (Å²) in [7, 11) is 0. The van der Waals surface area contributed by atoms with E-state index in [0.717, 1.165) is 94.2 Å². The average molecular weight is 615 g/mol. The summed E-state index contributed by atoms with van der Waals surface area (Å²) in [4.78, 5) is 14.8. The lowest BCUT2D eigenvalue weighted by molar-refractivity contribution is 0.669. The number of benzene rings is 6. The van der Waals surface area contributed by atoms with Crippen LogP contribution in [0.15, 0.2) is 162 Å². The molecule has 5 nitrogen and oxygen atoms in total. The predicted octanol–water partition coefficient (Wildman–Crippen LogP) is 11.0. The van der Waals surface area contributed by atoms with Crippen LogP contribution in [0.1, 0.15) is 0 Å². The quantitative estimate of drug-likeness (QED) is 0.185. The van der Waals surface area contributed by atoms with E-state index < -0.39 is 0 Å². The fourth-order valence-corrected chi connectivity index (χ4v) is 6.97. The number of hydrogen-bond donors (Lipinski definition) is 0. The molecule has 0 saturated heterocycles. The van der Waals surface area contributed by atoms with Crippen LogP contribution in [-0.4, -0.2) is 19.5 Å². The van der Waals surface area contributed by atoms with Crippen LogP contribution in [0.4, 0.5) is 0 Å². The topological polar surface area (TPSA) is 56.7 Å². The predicted molar refractivity (Wildman–Crippen MR) is 195 cm³/mol. The first kappa shape index (κ1) is 26.6. The molecule has 0 bridgehead atoms. The third-order valence-corrected chi connectivity index (χ3v) is 9.25. The minimum Gasteiger partial charge on any atom is -0.456 e. The first-order valence-corrected chi connectivity index (χ1v) is 16.0. The van der Waals surface area contributed by atoms with Gasteiger partial charge in [0.2, 0.25) is 0 Å². The van der Waals surface area contributed by atoms with Crippen molar-refractivity contribution in [3.05, 3.63) is 158 Å². The maximum absolute atomic E-state index is 6.38. The zero-order valence-corrected chi connectivity index (χ0v) is 25.7. The number of pyridine rings is 2. The molecule has 0 aliphatic carbocycles. The van der Waals surface area contributed by atoms with Gasteiger partial charge >= 0.3 is 0 Å². The number of nitrogens with zero attached hydrogens (tertiary/aromatic N) is 4. The molecule has 6 aromatic carbocycles. The molecule has 4 aromatic heterocycles. The Balaban J connectivity index is 1.09. The molecule has 0 saturated carbocycles. The average Bonchev–Trinajstić information content (AvgIpc) is 3.74. The lowest BCUT2D eigenvalue weighted by Gasteiger charge is -2.10. The van der Waals surface area contributed by atoms with E-state index >= 15 is 0 Å². The highest BCUT2D eigenvalue weighted by molar-refractivity contribution is 6.13. The summed E-state index contributed by atoms with van der Waals surface area (Å²) in [5.74, 6) is 0.913. The van der Waals surface area contributed by atoms with Gasteiger partial charge in [-0.25, -0.2) is 9.97 Å². The Morgan fingerprint density at radius 3 is 2.19 bits per heavy atom. The molecule has 48 heavy (non-hydrogen) atoms. The van der Waals surface area contributed by atoms with Crippen LogP contribution < -0.4 is 0 Å². The SMILES string of the molecule is c1ccc(-n2c(-c3ccc(-c4cccc5oc6ccc(-c7ccc8ccc9cccnc9c8n7)cc6c45)cc3)nc3ccccc32)cc1. The molecular formula is C43H26N4O. The van der Waals surface area contributed by atoms with Crippen molar-refractivity contribution in [2.75, 3.05) is 0 Å². The Hall–Kier alpha value is -6.59. The van der Waals surface area contributed by atoms with E-state index in [4.69, 9.17) is 14.4 Å². The van der Waals surface area contributed by atoms with Gasteiger partial charge in [0.05, 0.1) is 27.8 Å². The Kier molecular flexibility index (Phi) is 5.81. The monoisotopic (exact) mass is 614 g/mol. The van der Waals surface area contributed by atoms with Crippen LogP contribution >= 0.6 is 0 Å². The molecule has 224 valence electrons. The van der Waals surface area contributed by atoms with Crippen molar-refractivity contribution in [3.63, 3.8) is 0 Å². The van der Waals surface area contributed by atoms with Crippen LogP contribution in [-0.2, 0) is 0 Å². The molecule has 0 atom stereocenters. The van der Waals surface area contributed by atoms with Gasteiger partial charge in [0.15, 0.2) is 0 Å². The second kappa shape index (κ2) is 10.5. The number of furan rings is 1. The van der Waals surface area contributed by atoms with Gasteiger partial charge in [0.1, 0.15) is 17.0 Å². The van der Waals surface area contributed by atoms with Crippen LogP contribution in [0.2, 0.25) is 0 Å². The summed E-state index contributed by atoms with van der Waals surface area (Å²) in [5.41, 5.74) is 11.9. The first-order chi connectivity index (χ1) is 23.8. The molecule has 10 rings (SSSR count). The van der Waals surface area contributed by atoms with E-state index in [9.17, 15) is 0 Å². The molecule has 0 aliphatic rings. The smallest absolute Gasteiger partial charge is 0.145 e. The van der Waals surface area contributed by atoms with Crippen molar-refractivity contribution in [1.29, 1.82) is 0 Å². The standard InChI is InChI=1S/C43H26N4O/c1-2-9-32(10-3-1)47-37-13-5-4-12-36(37)46-43(47)30-19-15-27(16-20-30)33-11-6-14-39-40(33)34-26-31(22-24-38(34)48-39)35-23-21-29-18-17-28-8-7-25-44-41(28)42(29)45-35/h1-26H. The summed E-state index contributed by atoms with van der Waals surface area (Å²) in [6.45, 7) is 0. The van der Waals surface area contributed by atoms with Crippen molar-refractivity contribution in [1.82, 2.24) is 19.5 Å². The van der Waals surface area contributed by atoms with Crippen molar-refractivity contribution in [3.8, 4) is 39.5 Å². The molecule has 10 aromatic rings. The van der Waals surface area contributed by atoms with E-state index in [1.165, 1.54) is 0 Å². The number of para-hydroxylation sites is 3. The summed E-state index contributed by atoms with van der Waals surface area (Å²) < 4.78 is 8.61. The van der Waals surface area contributed by atoms with Gasteiger partial charge in [-0.1, -0.05) is 91.0 Å². The van der Waals surface area contributed by atoms with Crippen molar-refractivity contribution >= 4 is 54.8 Å². The zero-order chi connectivity index (χ0) is 31.6. The van der Waals surface area contributed by atoms with Gasteiger partial charge in [-0.05, 0) is 71.8 Å². The summed E-state index contributed by atoms with van der Waals surface area (Å²) in [6.07, 6.45) is 1.83. The Morgan fingerprint density at radius 1 is 0.521 bits per heavy atom. The largest absolute Gasteiger partial charge is 0.456 e. The molecule has 0 unspecified atom stereocenters. The van der Waals surface area contributed by atoms with E-state index in [1.807, 2.05) is 30.5 Å². The first-order valence-electron chi connectivity index (χ1n) is 16.0. The molecular weight excluding hydrogens is 589 g/mol. The third kappa shape index (κ3) is 4.15. The number of hydrogen-bond acceptors (Lipinski definition) is 4. The highest BCUT2D eigenvalue weighted by Gasteiger charge is 2.17. The van der Waals surface area contributed by atoms with Crippen LogP contribution in [0.25, 0.3) is 94.2 Å². The Labute approximate surface area is 275 Å². The molecule has 0 radical (unpaired) electrons. The molecule has 4 heterocycles. The minimum atomic E-state index is 0.849. The molecule has 5 heteroatoms. The van der Waals surface area contributed by atoms with E-state index in [1.54, 1.807) is 0 Å². The van der Waals surface area contributed by atoms with Gasteiger partial charge in [0, 0.05) is 44.6 Å². The third-order valence-electron chi connectivity index (χ3n) is 9.25. The molecule has 0 fully saturated rings. The van der Waals surface area contributed by atoms with Crippen LogP contribution in [0, 0.1) is 0 Å². The molecule has 0 N–H and O–H groups in total. The second-order valence-electron chi connectivity index (χ2n) is 12.1. The highest BCUT2D eigenvalue weighted by Crippen LogP contribution is 2.39. The number of aromatic nitrogens is 4. The van der Waals surface area contributed by atoms with Gasteiger partial charge < -0.3 is 4.42 Å². The van der Waals surface area contributed by atoms with Crippen molar-refractivity contribution < 1.29 is 4.42 Å². The van der Waals surface area contributed by atoms with Gasteiger partial charge in [-0.2, -0.15) is 0 Å². The fraction of sp³-hybridized carbons (Fsp3) is 0. The Bertz CT molecular complexity index is 2830. The maximum atomic E-state index is 6.38. The summed E-state index contributed by atoms with van der Waals surface area (Å²) in [6, 6.07) is 52.5. The highest BCUT2D eigenvalue weighted by atomic mass is 16.3. The van der Waals surface area contributed by atoms with Crippen molar-refractivity contribution in [2.24, 2.45) is 0 Å². The summed E-state index contributed by atoms with van der Waals surface area (Å²) >= 11 is 0. The van der Waals surface area contributed by atoms with E-state index in [2.05, 4.69) is 137 Å². The number of fused-ring (bicyclic) bond motifs is 7. The van der Waals surface area contributed by atoms with E-state index in [-0.39, 0.29) is 0 Å². The second-order valence-corrected chi connectivity index (χ2v) is 12.1. The molecule has 0 amide bonds. The zero-order valence-electron chi connectivity index (χ0n) is 25.7. The van der Waals surface area contributed by atoms with Crippen LogP contribution in [0.5, 0.6) is 0 Å². The van der Waals surface area contributed by atoms with Gasteiger partial charge in [0.25, 0.3) is 0 Å². The molecule has 0 aliphatic heterocycles. The maximum Gasteiger partial charge on any atom is 0.145 e. The Morgan fingerprint density at radius 2 is 1.29 bits per heavy atom. The van der Waals surface area contributed by atoms with Gasteiger partial charge in [-0.15, -0.1) is 0 Å². The lowest BCUT2D eigenvalue weighted by atomic mass is 9.97. The van der Waals surface area contributed by atoms with Crippen molar-refractivity contribution in [2.45, 2.75) is 0 Å². The minimum absolute atomic E-state index is 0.849. The summed E-state index contributed by atoms with van der Waals surface area (Å²) in [5, 5.41) is 4.31. The lowest BCUT2D eigenvalue weighted by Crippen LogP contribution is -1.97.